The van der Waals surface area contributed by atoms with Gasteiger partial charge in [0.05, 0.1) is 32.5 Å². The van der Waals surface area contributed by atoms with Crippen molar-refractivity contribution in [3.63, 3.8) is 0 Å². The van der Waals surface area contributed by atoms with Gasteiger partial charge >= 0.3 is 5.69 Å². The molecule has 11 heteroatoms. The molecule has 196 valence electrons. The van der Waals surface area contributed by atoms with Crippen LogP contribution in [0.4, 0.5) is 0 Å². The van der Waals surface area contributed by atoms with Crippen LogP contribution in [-0.2, 0) is 6.54 Å². The molecule has 0 radical (unpaired) electrons. The fourth-order valence-electron chi connectivity index (χ4n) is 5.58. The van der Waals surface area contributed by atoms with Gasteiger partial charge in [-0.1, -0.05) is 6.07 Å². The number of ether oxygens (including phenoxy) is 3. The van der Waals surface area contributed by atoms with E-state index in [1.807, 2.05) is 18.2 Å². The normalized spacial score (nSPS) is 18.8. The molecule has 4 aromatic rings. The van der Waals surface area contributed by atoms with Crippen molar-refractivity contribution in [2.45, 2.75) is 25.3 Å². The number of H-pyrrole nitrogens is 1. The van der Waals surface area contributed by atoms with E-state index in [0.29, 0.717) is 39.2 Å². The average Bonchev–Trinajstić information content (AvgIpc) is 3.48. The molecule has 1 N–H and O–H groups in total. The summed E-state index contributed by atoms with van der Waals surface area (Å²) in [5.41, 5.74) is 1.07. The molecule has 37 heavy (non-hydrogen) atoms. The number of nitrogens with one attached hydrogen (secondary N) is 1. The number of methoxy groups -OCH3 is 2. The Bertz CT molecular complexity index is 1550. The summed E-state index contributed by atoms with van der Waals surface area (Å²) in [4.78, 5) is 36.3. The predicted molar refractivity (Wildman–Crippen MR) is 146 cm³/mol. The van der Waals surface area contributed by atoms with Crippen LogP contribution in [-0.4, -0.2) is 59.9 Å². The van der Waals surface area contributed by atoms with E-state index in [4.69, 9.17) is 14.2 Å². The number of halogens is 1. The molecule has 1 fully saturated rings. The van der Waals surface area contributed by atoms with Crippen molar-refractivity contribution < 1.29 is 14.2 Å². The topological polar surface area (TPSA) is 98.7 Å². The van der Waals surface area contributed by atoms with Gasteiger partial charge in [-0.2, -0.15) is 0 Å². The number of aromatic amines is 1. The van der Waals surface area contributed by atoms with Crippen LogP contribution in [0.15, 0.2) is 40.1 Å². The summed E-state index contributed by atoms with van der Waals surface area (Å²) in [5, 5.41) is 0.730. The molecule has 0 amide bonds. The first-order valence-corrected chi connectivity index (χ1v) is 13.0. The lowest BCUT2D eigenvalue weighted by Crippen LogP contribution is -2.34. The molecule has 1 aromatic carbocycles. The molecule has 5 heterocycles. The third-order valence-corrected chi connectivity index (χ3v) is 8.47. The number of aromatic nitrogens is 3. The van der Waals surface area contributed by atoms with Crippen molar-refractivity contribution in [3.8, 4) is 17.2 Å². The summed E-state index contributed by atoms with van der Waals surface area (Å²) < 4.78 is 18.7. The van der Waals surface area contributed by atoms with Gasteiger partial charge in [0.1, 0.15) is 26.8 Å². The Morgan fingerprint density at radius 2 is 2.00 bits per heavy atom. The minimum atomic E-state index is -0.386. The zero-order valence-corrected chi connectivity index (χ0v) is 22.3. The highest BCUT2D eigenvalue weighted by molar-refractivity contribution is 7.25. The van der Waals surface area contributed by atoms with Gasteiger partial charge in [0.25, 0.3) is 5.56 Å². The van der Waals surface area contributed by atoms with Crippen LogP contribution in [0.1, 0.15) is 24.3 Å². The number of likely N-dealkylation sites (tertiary alicyclic amines) is 1. The van der Waals surface area contributed by atoms with E-state index in [1.165, 1.54) is 21.5 Å². The molecule has 2 aliphatic rings. The van der Waals surface area contributed by atoms with Gasteiger partial charge in [-0.15, -0.1) is 23.7 Å². The highest BCUT2D eigenvalue weighted by Gasteiger charge is 2.40. The first kappa shape index (κ1) is 25.6. The van der Waals surface area contributed by atoms with Crippen LogP contribution >= 0.6 is 23.7 Å². The molecule has 0 aliphatic carbocycles. The summed E-state index contributed by atoms with van der Waals surface area (Å²) in [6.45, 7) is 3.97. The van der Waals surface area contributed by atoms with E-state index in [9.17, 15) is 9.59 Å². The average molecular weight is 545 g/mol. The molecule has 0 bridgehead atoms. The second-order valence-corrected chi connectivity index (χ2v) is 10.4. The monoisotopic (exact) mass is 544 g/mol. The van der Waals surface area contributed by atoms with Crippen LogP contribution in [0.2, 0.25) is 0 Å². The van der Waals surface area contributed by atoms with E-state index in [0.717, 1.165) is 56.0 Å². The van der Waals surface area contributed by atoms with E-state index >= 15 is 0 Å². The molecule has 6 rings (SSSR count). The van der Waals surface area contributed by atoms with E-state index in [2.05, 4.69) is 14.9 Å². The number of rotatable bonds is 7. The van der Waals surface area contributed by atoms with Crippen LogP contribution in [0.3, 0.4) is 0 Å². The Morgan fingerprint density at radius 1 is 1.16 bits per heavy atom. The fourth-order valence-corrected chi connectivity index (χ4v) is 6.61. The smallest absolute Gasteiger partial charge is 0.328 e. The van der Waals surface area contributed by atoms with Crippen LogP contribution in [0, 0.1) is 5.92 Å². The molecule has 0 unspecified atom stereocenters. The molecular formula is C26H29ClN4O5S. The van der Waals surface area contributed by atoms with Crippen LogP contribution in [0.25, 0.3) is 20.4 Å². The molecule has 9 nitrogen and oxygen atoms in total. The maximum Gasteiger partial charge on any atom is 0.328 e. The third kappa shape index (κ3) is 4.47. The van der Waals surface area contributed by atoms with Gasteiger partial charge in [-0.05, 0) is 37.6 Å². The van der Waals surface area contributed by atoms with E-state index in [-0.39, 0.29) is 23.7 Å². The van der Waals surface area contributed by atoms with E-state index in [1.54, 1.807) is 26.5 Å². The number of benzene rings is 1. The van der Waals surface area contributed by atoms with Crippen LogP contribution in [0.5, 0.6) is 17.2 Å². The first-order valence-electron chi connectivity index (χ1n) is 12.2. The Morgan fingerprint density at radius 3 is 2.81 bits per heavy atom. The standard InChI is InChI=1S/C26H28N4O5S.ClH/c1-33-16-10-17-22-23(36-24(17)27-11-16)25(31)30(26(32)28-22)9-4-3-8-29-12-15-14-35-20-7-5-6-19(34-2)21(20)18(15)13-29;/h5-7,10-11,15,18H,3-4,8-9,12-14H2,1-2H3,(H,28,32);1H/t15-,18+;/m0./s1. The maximum atomic E-state index is 13.1. The summed E-state index contributed by atoms with van der Waals surface area (Å²) in [7, 11) is 3.27. The lowest BCUT2D eigenvalue weighted by molar-refractivity contribution is 0.209. The van der Waals surface area contributed by atoms with Gasteiger partial charge in [-0.25, -0.2) is 9.78 Å². The molecule has 0 spiro atoms. The van der Waals surface area contributed by atoms with Crippen molar-refractivity contribution >= 4 is 44.2 Å². The molecular weight excluding hydrogens is 516 g/mol. The quantitative estimate of drug-likeness (QED) is 0.355. The lowest BCUT2D eigenvalue weighted by Gasteiger charge is -2.29. The van der Waals surface area contributed by atoms with Crippen molar-refractivity contribution in [2.75, 3.05) is 40.5 Å². The maximum absolute atomic E-state index is 13.1. The lowest BCUT2D eigenvalue weighted by atomic mass is 9.86. The Kier molecular flexibility index (Phi) is 7.15. The Balaban J connectivity index is 0.00000280. The van der Waals surface area contributed by atoms with Crippen LogP contribution < -0.4 is 25.5 Å². The predicted octanol–water partition coefficient (Wildman–Crippen LogP) is 3.63. The van der Waals surface area contributed by atoms with Crippen molar-refractivity contribution in [2.24, 2.45) is 5.92 Å². The number of hydrogen-bond acceptors (Lipinski definition) is 8. The third-order valence-electron chi connectivity index (χ3n) is 7.37. The van der Waals surface area contributed by atoms with E-state index < -0.39 is 0 Å². The number of hydrogen-bond donors (Lipinski definition) is 1. The Labute approximate surface area is 223 Å². The first-order chi connectivity index (χ1) is 17.6. The second-order valence-electron chi connectivity index (χ2n) is 9.44. The summed E-state index contributed by atoms with van der Waals surface area (Å²) in [5.74, 6) is 3.26. The summed E-state index contributed by atoms with van der Waals surface area (Å²) in [6.07, 6.45) is 3.26. The summed E-state index contributed by atoms with van der Waals surface area (Å²) in [6, 6.07) is 7.79. The highest BCUT2D eigenvalue weighted by Crippen LogP contribution is 2.46. The molecule has 1 saturated heterocycles. The fraction of sp³-hybridized carbons (Fsp3) is 0.423. The number of nitrogens with zero attached hydrogens (tertiary/aromatic N) is 3. The minimum absolute atomic E-state index is 0. The van der Waals surface area contributed by atoms with Crippen molar-refractivity contribution in [1.82, 2.24) is 19.4 Å². The largest absolute Gasteiger partial charge is 0.496 e. The van der Waals surface area contributed by atoms with Gasteiger partial charge < -0.3 is 24.1 Å². The summed E-state index contributed by atoms with van der Waals surface area (Å²) >= 11 is 1.30. The van der Waals surface area contributed by atoms with Gasteiger partial charge in [0, 0.05) is 42.4 Å². The number of unbranched alkanes of at least 4 members (excludes halogenated alkanes) is 1. The van der Waals surface area contributed by atoms with Gasteiger partial charge in [0.2, 0.25) is 0 Å². The molecule has 3 aromatic heterocycles. The second kappa shape index (κ2) is 10.4. The van der Waals surface area contributed by atoms with Gasteiger partial charge in [-0.3, -0.25) is 9.36 Å². The number of fused-ring (bicyclic) bond motifs is 6. The van der Waals surface area contributed by atoms with Crippen molar-refractivity contribution in [3.05, 3.63) is 56.9 Å². The Hall–Kier alpha value is -3.08. The minimum Gasteiger partial charge on any atom is -0.496 e. The van der Waals surface area contributed by atoms with Crippen molar-refractivity contribution in [1.29, 1.82) is 0 Å². The SMILES string of the molecule is COc1cnc2sc3c(=O)n(CCCCN4C[C@H]5COc6cccc(OC)c6[C@@H]5C4)c(=O)[nH]c3c2c1.Cl. The zero-order valence-electron chi connectivity index (χ0n) is 20.7. The highest BCUT2D eigenvalue weighted by atomic mass is 35.5. The molecule has 2 aliphatic heterocycles. The number of thiophene rings is 1. The number of pyridine rings is 1. The zero-order chi connectivity index (χ0) is 24.8. The molecule has 2 atom stereocenters. The molecule has 0 saturated carbocycles. The van der Waals surface area contributed by atoms with Gasteiger partial charge in [0.15, 0.2) is 0 Å².